The molecule has 1 aromatic carbocycles. The smallest absolute Gasteiger partial charge is 0.194 e. The zero-order chi connectivity index (χ0) is 17.2. The van der Waals surface area contributed by atoms with Gasteiger partial charge in [-0.1, -0.05) is 25.5 Å². The van der Waals surface area contributed by atoms with Gasteiger partial charge in [-0.05, 0) is 43.9 Å². The number of unbranched alkanes of at least 4 members (excludes halogenated alkanes) is 1. The van der Waals surface area contributed by atoms with Crippen LogP contribution in [0.3, 0.4) is 0 Å². The third kappa shape index (κ3) is 7.81. The maximum Gasteiger partial charge on any atom is 0.194 e. The van der Waals surface area contributed by atoms with Crippen molar-refractivity contribution in [3.05, 3.63) is 29.8 Å². The van der Waals surface area contributed by atoms with Crippen LogP contribution in [-0.2, 0) is 6.42 Å². The van der Waals surface area contributed by atoms with Gasteiger partial charge in [0.1, 0.15) is 5.75 Å². The second kappa shape index (κ2) is 12.4. The number of nitrogens with zero attached hydrogens (tertiary/aromatic N) is 2. The molecule has 1 aliphatic heterocycles. The Kier molecular flexibility index (Phi) is 10.9. The highest BCUT2D eigenvalue weighted by atomic mass is 127. The second-order valence-electron chi connectivity index (χ2n) is 6.22. The lowest BCUT2D eigenvalue weighted by Gasteiger charge is -2.20. The summed E-state index contributed by atoms with van der Waals surface area (Å²) in [4.78, 5) is 6.84. The van der Waals surface area contributed by atoms with E-state index >= 15 is 0 Å². The Morgan fingerprint density at radius 2 is 2.08 bits per heavy atom. The molecule has 25 heavy (non-hydrogen) atoms. The minimum atomic E-state index is -0.228. The van der Waals surface area contributed by atoms with E-state index in [2.05, 4.69) is 36.2 Å². The maximum absolute atomic E-state index is 9.69. The van der Waals surface area contributed by atoms with Gasteiger partial charge in [0.25, 0.3) is 0 Å². The van der Waals surface area contributed by atoms with Crippen LogP contribution in [-0.4, -0.2) is 54.9 Å². The van der Waals surface area contributed by atoms with Crippen LogP contribution in [0.1, 0.15) is 38.7 Å². The first-order valence-electron chi connectivity index (χ1n) is 9.16. The van der Waals surface area contributed by atoms with Crippen molar-refractivity contribution in [3.63, 3.8) is 0 Å². The number of likely N-dealkylation sites (tertiary alicyclic amines) is 1. The van der Waals surface area contributed by atoms with E-state index in [1.54, 1.807) is 0 Å². The third-order valence-electron chi connectivity index (χ3n) is 4.15. The van der Waals surface area contributed by atoms with Gasteiger partial charge in [0.15, 0.2) is 5.96 Å². The molecule has 1 saturated heterocycles. The topological polar surface area (TPSA) is 57.1 Å². The van der Waals surface area contributed by atoms with Crippen LogP contribution in [0.15, 0.2) is 29.3 Å². The van der Waals surface area contributed by atoms with Crippen LogP contribution in [0, 0.1) is 0 Å². The summed E-state index contributed by atoms with van der Waals surface area (Å²) in [5.74, 6) is 1.85. The molecule has 1 heterocycles. The molecule has 0 saturated carbocycles. The Hall–Kier alpha value is -1.02. The van der Waals surface area contributed by atoms with Crippen molar-refractivity contribution < 1.29 is 9.84 Å². The van der Waals surface area contributed by atoms with Crippen LogP contribution in [0.4, 0.5) is 0 Å². The number of guanidine groups is 1. The van der Waals surface area contributed by atoms with Crippen molar-refractivity contribution in [1.29, 1.82) is 0 Å². The molecule has 5 nitrogen and oxygen atoms in total. The summed E-state index contributed by atoms with van der Waals surface area (Å²) in [6, 6.07) is 8.31. The second-order valence-corrected chi connectivity index (χ2v) is 6.22. The van der Waals surface area contributed by atoms with E-state index < -0.39 is 0 Å². The fourth-order valence-electron chi connectivity index (χ4n) is 2.74. The molecule has 1 fully saturated rings. The standard InChI is InChI=1S/C19H31N3O2.HI/c1-3-5-14-24-18-8-6-16(7-9-18)10-12-21-19(20-4-2)22-13-11-17(23)15-22;/h6-9,17,23H,3-5,10-15H2,1-2H3,(H,20,21);1H/t17-;/m1./s1. The van der Waals surface area contributed by atoms with Crippen molar-refractivity contribution in [2.45, 2.75) is 45.6 Å². The van der Waals surface area contributed by atoms with Crippen molar-refractivity contribution in [1.82, 2.24) is 10.2 Å². The molecule has 0 aromatic heterocycles. The van der Waals surface area contributed by atoms with Gasteiger partial charge in [-0.25, -0.2) is 0 Å². The zero-order valence-corrected chi connectivity index (χ0v) is 17.7. The number of β-amino-alcohol motifs (C(OH)–C–C–N with tert-alkyl or cyclic N) is 1. The molecule has 0 amide bonds. The summed E-state index contributed by atoms with van der Waals surface area (Å²) >= 11 is 0. The van der Waals surface area contributed by atoms with Gasteiger partial charge >= 0.3 is 0 Å². The highest BCUT2D eigenvalue weighted by molar-refractivity contribution is 14.0. The molecule has 0 bridgehead atoms. The van der Waals surface area contributed by atoms with Crippen LogP contribution < -0.4 is 10.1 Å². The lowest BCUT2D eigenvalue weighted by atomic mass is 10.1. The number of benzene rings is 1. The van der Waals surface area contributed by atoms with Crippen LogP contribution in [0.25, 0.3) is 0 Å². The first-order valence-corrected chi connectivity index (χ1v) is 9.16. The lowest BCUT2D eigenvalue weighted by Crippen LogP contribution is -2.40. The van der Waals surface area contributed by atoms with Gasteiger partial charge in [0.2, 0.25) is 0 Å². The SMILES string of the molecule is CCCCOc1ccc(CCN=C(NCC)N2CC[C@@H](O)C2)cc1.I. The fourth-order valence-corrected chi connectivity index (χ4v) is 2.74. The van der Waals surface area contributed by atoms with Gasteiger partial charge in [-0.3, -0.25) is 4.99 Å². The van der Waals surface area contributed by atoms with E-state index in [0.717, 1.165) is 63.6 Å². The van der Waals surface area contributed by atoms with Crippen molar-refractivity contribution in [2.75, 3.05) is 32.8 Å². The van der Waals surface area contributed by atoms with Gasteiger partial charge in [0.05, 0.1) is 12.7 Å². The number of aliphatic hydroxyl groups is 1. The molecule has 2 rings (SSSR count). The van der Waals surface area contributed by atoms with Gasteiger partial charge in [-0.2, -0.15) is 0 Å². The molecular formula is C19H32IN3O2. The summed E-state index contributed by atoms with van der Waals surface area (Å²) in [6.45, 7) is 8.15. The fraction of sp³-hybridized carbons (Fsp3) is 0.632. The van der Waals surface area contributed by atoms with E-state index in [9.17, 15) is 5.11 Å². The first kappa shape index (κ1) is 22.0. The minimum absolute atomic E-state index is 0. The number of hydrogen-bond acceptors (Lipinski definition) is 3. The summed E-state index contributed by atoms with van der Waals surface area (Å²) in [5, 5.41) is 13.0. The summed E-state index contributed by atoms with van der Waals surface area (Å²) < 4.78 is 5.69. The molecule has 1 atom stereocenters. The predicted octanol–water partition coefficient (Wildman–Crippen LogP) is 3.06. The summed E-state index contributed by atoms with van der Waals surface area (Å²) in [6.07, 6.45) is 3.74. The molecule has 2 N–H and O–H groups in total. The molecule has 1 aliphatic rings. The normalized spacial score (nSPS) is 17.3. The number of ether oxygens (including phenoxy) is 1. The van der Waals surface area contributed by atoms with Gasteiger partial charge in [0, 0.05) is 26.2 Å². The Morgan fingerprint density at radius 3 is 2.68 bits per heavy atom. The Labute approximate surface area is 168 Å². The van der Waals surface area contributed by atoms with Crippen LogP contribution >= 0.6 is 24.0 Å². The van der Waals surface area contributed by atoms with Crippen molar-refractivity contribution in [3.8, 4) is 5.75 Å². The van der Waals surface area contributed by atoms with E-state index in [4.69, 9.17) is 9.73 Å². The highest BCUT2D eigenvalue weighted by Crippen LogP contribution is 2.13. The predicted molar refractivity (Wildman–Crippen MR) is 114 cm³/mol. The first-order chi connectivity index (χ1) is 11.7. The monoisotopic (exact) mass is 461 g/mol. The number of hydrogen-bond donors (Lipinski definition) is 2. The molecule has 0 radical (unpaired) electrons. The highest BCUT2D eigenvalue weighted by Gasteiger charge is 2.22. The Balaban J connectivity index is 0.00000312. The molecular weight excluding hydrogens is 429 g/mol. The van der Waals surface area contributed by atoms with Crippen molar-refractivity contribution >= 4 is 29.9 Å². The number of rotatable bonds is 8. The van der Waals surface area contributed by atoms with E-state index in [-0.39, 0.29) is 30.1 Å². The molecule has 142 valence electrons. The Morgan fingerprint density at radius 1 is 1.32 bits per heavy atom. The average Bonchev–Trinajstić information content (AvgIpc) is 3.02. The molecule has 0 aliphatic carbocycles. The Bertz CT molecular complexity index is 508. The summed E-state index contributed by atoms with van der Waals surface area (Å²) in [5.41, 5.74) is 1.26. The van der Waals surface area contributed by atoms with Crippen LogP contribution in [0.5, 0.6) is 5.75 Å². The third-order valence-corrected chi connectivity index (χ3v) is 4.15. The van der Waals surface area contributed by atoms with E-state index in [1.807, 2.05) is 12.1 Å². The number of nitrogens with one attached hydrogen (secondary N) is 1. The van der Waals surface area contributed by atoms with Crippen LogP contribution in [0.2, 0.25) is 0 Å². The quantitative estimate of drug-likeness (QED) is 0.271. The zero-order valence-electron chi connectivity index (χ0n) is 15.4. The molecule has 6 heteroatoms. The molecule has 0 unspecified atom stereocenters. The van der Waals surface area contributed by atoms with E-state index in [0.29, 0.717) is 6.54 Å². The number of halogens is 1. The van der Waals surface area contributed by atoms with E-state index in [1.165, 1.54) is 5.56 Å². The van der Waals surface area contributed by atoms with Crippen molar-refractivity contribution in [2.24, 2.45) is 4.99 Å². The average molecular weight is 461 g/mol. The summed E-state index contributed by atoms with van der Waals surface area (Å²) in [7, 11) is 0. The largest absolute Gasteiger partial charge is 0.494 e. The molecule has 1 aromatic rings. The van der Waals surface area contributed by atoms with Gasteiger partial charge < -0.3 is 20.1 Å². The minimum Gasteiger partial charge on any atom is -0.494 e. The molecule has 0 spiro atoms. The number of aliphatic hydroxyl groups excluding tert-OH is 1. The maximum atomic E-state index is 9.69. The van der Waals surface area contributed by atoms with Gasteiger partial charge in [-0.15, -0.1) is 24.0 Å². The number of aliphatic imine (C=N–C) groups is 1. The lowest BCUT2D eigenvalue weighted by molar-refractivity contribution is 0.188.